The van der Waals surface area contributed by atoms with E-state index in [2.05, 4.69) is 13.8 Å². The maximum Gasteiger partial charge on any atom is 0.323 e. The van der Waals surface area contributed by atoms with Gasteiger partial charge in [0.25, 0.3) is 0 Å². The highest BCUT2D eigenvalue weighted by atomic mass is 32.2. The molecule has 4 aliphatic rings. The molecule has 4 saturated carbocycles. The third-order valence-corrected chi connectivity index (χ3v) is 13.0. The van der Waals surface area contributed by atoms with E-state index in [0.29, 0.717) is 12.3 Å². The van der Waals surface area contributed by atoms with Crippen molar-refractivity contribution in [3.05, 3.63) is 35.9 Å². The van der Waals surface area contributed by atoms with Gasteiger partial charge in [0.1, 0.15) is 12.1 Å². The molecule has 2 N–H and O–H groups in total. The van der Waals surface area contributed by atoms with Gasteiger partial charge >= 0.3 is 5.97 Å². The minimum Gasteiger partial charge on any atom is -0.461 e. The van der Waals surface area contributed by atoms with E-state index in [1.54, 1.807) is 0 Å². The Hall–Kier alpha value is -1.44. The van der Waals surface area contributed by atoms with Crippen LogP contribution in [-0.4, -0.2) is 48.7 Å². The fourth-order valence-corrected chi connectivity index (χ4v) is 11.3. The van der Waals surface area contributed by atoms with Gasteiger partial charge in [-0.25, -0.2) is 8.42 Å². The summed E-state index contributed by atoms with van der Waals surface area (Å²) in [5.74, 6) is 0.0385. The molecule has 7 heteroatoms. The predicted octanol–water partition coefficient (Wildman–Crippen LogP) is 5.59. The number of nitrogens with zero attached hydrogens (tertiary/aromatic N) is 1. The quantitative estimate of drug-likeness (QED) is 0.409. The highest BCUT2D eigenvalue weighted by Gasteiger charge is 2.67. The molecule has 0 saturated heterocycles. The van der Waals surface area contributed by atoms with E-state index in [9.17, 15) is 13.2 Å². The van der Waals surface area contributed by atoms with Crippen LogP contribution in [0.15, 0.2) is 30.3 Å². The van der Waals surface area contributed by atoms with Crippen LogP contribution in [0.4, 0.5) is 0 Å². The Morgan fingerprint density at radius 2 is 1.55 bits per heavy atom. The predicted molar refractivity (Wildman–Crippen MR) is 151 cm³/mol. The molecular formula is C31H48N2O4S. The smallest absolute Gasteiger partial charge is 0.323 e. The first-order valence-corrected chi connectivity index (χ1v) is 16.8. The second-order valence-corrected chi connectivity index (χ2v) is 15.1. The fourth-order valence-electron chi connectivity index (χ4n) is 8.51. The minimum absolute atomic E-state index is 0.0857. The van der Waals surface area contributed by atoms with Gasteiger partial charge in [0.15, 0.2) is 0 Å². The summed E-state index contributed by atoms with van der Waals surface area (Å²) >= 11 is 0. The second kappa shape index (κ2) is 11.2. The van der Waals surface area contributed by atoms with Gasteiger partial charge in [-0.1, -0.05) is 82.7 Å². The number of sulfonamides is 1. The molecule has 0 amide bonds. The zero-order valence-electron chi connectivity index (χ0n) is 23.4. The van der Waals surface area contributed by atoms with Gasteiger partial charge in [-0.2, -0.15) is 4.31 Å². The lowest BCUT2D eigenvalue weighted by molar-refractivity contribution is -0.158. The Labute approximate surface area is 230 Å². The number of ether oxygens (including phenoxy) is 1. The van der Waals surface area contributed by atoms with Crippen LogP contribution >= 0.6 is 0 Å². The second-order valence-electron chi connectivity index (χ2n) is 13.2. The molecule has 5 rings (SSSR count). The number of benzene rings is 1. The van der Waals surface area contributed by atoms with Crippen molar-refractivity contribution in [3.8, 4) is 0 Å². The first-order valence-electron chi connectivity index (χ1n) is 15.2. The van der Waals surface area contributed by atoms with Crippen molar-refractivity contribution < 1.29 is 17.9 Å². The van der Waals surface area contributed by atoms with E-state index in [0.717, 1.165) is 76.2 Å². The standard InChI is InChI=1S/C31H48N2O4S/c1-30(2)24-18-19-31(30,28(21-24)37-29(34)27(32)20-23-12-6-3-7-13-23)22-38(35,36)33(25-14-8-4-9-15-25)26-16-10-5-11-17-26/h3,6-7,12-13,24-28H,4-5,8-11,14-22,32H2,1-2H3/t24-,27-,28-,31-/m0/s1. The van der Waals surface area contributed by atoms with E-state index in [1.807, 2.05) is 34.6 Å². The number of fused-ring (bicyclic) bond motifs is 2. The van der Waals surface area contributed by atoms with Gasteiger partial charge < -0.3 is 10.5 Å². The third kappa shape index (κ3) is 5.32. The topological polar surface area (TPSA) is 89.7 Å². The minimum atomic E-state index is -3.55. The molecule has 0 spiro atoms. The Bertz CT molecular complexity index is 1040. The Morgan fingerprint density at radius 1 is 0.974 bits per heavy atom. The van der Waals surface area contributed by atoms with E-state index in [1.165, 1.54) is 12.8 Å². The molecule has 0 radical (unpaired) electrons. The number of rotatable bonds is 9. The summed E-state index contributed by atoms with van der Waals surface area (Å²) in [5.41, 5.74) is 6.53. The molecule has 2 bridgehead atoms. The number of esters is 1. The van der Waals surface area contributed by atoms with E-state index < -0.39 is 33.6 Å². The van der Waals surface area contributed by atoms with Gasteiger partial charge in [0, 0.05) is 17.5 Å². The Morgan fingerprint density at radius 3 is 2.11 bits per heavy atom. The fraction of sp³-hybridized carbons (Fsp3) is 0.774. The highest BCUT2D eigenvalue weighted by molar-refractivity contribution is 7.89. The lowest BCUT2D eigenvalue weighted by Gasteiger charge is -2.46. The molecule has 1 aromatic carbocycles. The normalized spacial score (nSPS) is 30.9. The summed E-state index contributed by atoms with van der Waals surface area (Å²) in [5, 5.41) is 0. The summed E-state index contributed by atoms with van der Waals surface area (Å²) in [6.45, 7) is 4.42. The van der Waals surface area contributed by atoms with Crippen LogP contribution in [0.5, 0.6) is 0 Å². The lowest BCUT2D eigenvalue weighted by Crippen LogP contribution is -2.55. The van der Waals surface area contributed by atoms with Gasteiger partial charge in [0.2, 0.25) is 10.0 Å². The molecule has 0 aliphatic heterocycles. The van der Waals surface area contributed by atoms with Crippen LogP contribution in [-0.2, 0) is 26.0 Å². The molecule has 4 fully saturated rings. The molecule has 0 aromatic heterocycles. The SMILES string of the molecule is CC1(C)[C@H]2CC[C@]1(CS(=O)(=O)N(C1CCCCC1)C1CCCCC1)[C@@H](OC(=O)[C@@H](N)Cc1ccccc1)C2. The molecule has 38 heavy (non-hydrogen) atoms. The molecule has 212 valence electrons. The van der Waals surface area contributed by atoms with Crippen molar-refractivity contribution in [2.45, 2.75) is 128 Å². The monoisotopic (exact) mass is 544 g/mol. The average Bonchev–Trinajstić information content (AvgIpc) is 3.25. The maximum atomic E-state index is 14.5. The van der Waals surface area contributed by atoms with Crippen molar-refractivity contribution in [2.75, 3.05) is 5.75 Å². The van der Waals surface area contributed by atoms with Crippen LogP contribution < -0.4 is 5.73 Å². The molecular weight excluding hydrogens is 496 g/mol. The molecule has 0 heterocycles. The van der Waals surface area contributed by atoms with Gasteiger partial charge in [-0.05, 0) is 68.3 Å². The maximum absolute atomic E-state index is 14.5. The number of nitrogens with two attached hydrogens (primary N) is 1. The van der Waals surface area contributed by atoms with Crippen molar-refractivity contribution in [1.29, 1.82) is 0 Å². The van der Waals surface area contributed by atoms with Gasteiger partial charge in [-0.15, -0.1) is 0 Å². The van der Waals surface area contributed by atoms with Crippen LogP contribution in [0.2, 0.25) is 0 Å². The van der Waals surface area contributed by atoms with Crippen molar-refractivity contribution in [3.63, 3.8) is 0 Å². The number of carbonyl (C=O) groups is 1. The first kappa shape index (κ1) is 28.1. The first-order chi connectivity index (χ1) is 18.1. The van der Waals surface area contributed by atoms with Crippen LogP contribution in [0.25, 0.3) is 0 Å². The number of hydrogen-bond acceptors (Lipinski definition) is 5. The van der Waals surface area contributed by atoms with Crippen molar-refractivity contribution in [1.82, 2.24) is 4.31 Å². The van der Waals surface area contributed by atoms with Crippen LogP contribution in [0.3, 0.4) is 0 Å². The number of hydrogen-bond donors (Lipinski definition) is 1. The van der Waals surface area contributed by atoms with E-state index in [-0.39, 0.29) is 23.3 Å². The van der Waals surface area contributed by atoms with E-state index in [4.69, 9.17) is 10.5 Å². The van der Waals surface area contributed by atoms with E-state index >= 15 is 0 Å². The Balaban J connectivity index is 1.38. The van der Waals surface area contributed by atoms with Gasteiger partial charge in [0.05, 0.1) is 5.75 Å². The van der Waals surface area contributed by atoms with Gasteiger partial charge in [-0.3, -0.25) is 4.79 Å². The molecule has 4 atom stereocenters. The summed E-state index contributed by atoms with van der Waals surface area (Å²) in [6, 6.07) is 9.24. The molecule has 4 aliphatic carbocycles. The third-order valence-electron chi connectivity index (χ3n) is 10.8. The Kier molecular flexibility index (Phi) is 8.29. The zero-order chi connectivity index (χ0) is 27.0. The summed E-state index contributed by atoms with van der Waals surface area (Å²) in [4.78, 5) is 13.2. The average molecular weight is 545 g/mol. The zero-order valence-corrected chi connectivity index (χ0v) is 24.3. The highest BCUT2D eigenvalue weighted by Crippen LogP contribution is 2.67. The number of carbonyl (C=O) groups excluding carboxylic acids is 1. The van der Waals surface area contributed by atoms with Crippen LogP contribution in [0.1, 0.15) is 103 Å². The largest absolute Gasteiger partial charge is 0.461 e. The molecule has 1 aromatic rings. The summed E-state index contributed by atoms with van der Waals surface area (Å²) in [6.07, 6.45) is 13.3. The lowest BCUT2D eigenvalue weighted by atomic mass is 9.69. The van der Waals surface area contributed by atoms with Crippen molar-refractivity contribution in [2.24, 2.45) is 22.5 Å². The van der Waals surface area contributed by atoms with Crippen LogP contribution in [0, 0.1) is 16.7 Å². The summed E-state index contributed by atoms with van der Waals surface area (Å²) in [7, 11) is -3.55. The van der Waals surface area contributed by atoms with Crippen molar-refractivity contribution >= 4 is 16.0 Å². The molecule has 6 nitrogen and oxygen atoms in total. The molecule has 0 unspecified atom stereocenters. The summed E-state index contributed by atoms with van der Waals surface area (Å²) < 4.78 is 37.2.